The number of hydrogen-bond donors (Lipinski definition) is 8. The zero-order chi connectivity index (χ0) is 26.0. The van der Waals surface area contributed by atoms with Gasteiger partial charge in [0.1, 0.15) is 12.2 Å². The Morgan fingerprint density at radius 1 is 0.583 bits per heavy atom. The van der Waals surface area contributed by atoms with Gasteiger partial charge in [0.2, 0.25) is 0 Å². The Hall–Kier alpha value is -2.50. The fraction of sp³-hybridized carbons (Fsp3) is 0.500. The van der Waals surface area contributed by atoms with E-state index in [1.165, 1.54) is 0 Å². The first-order valence-corrected chi connectivity index (χ1v) is 12.1. The number of fused-ring (bicyclic) bond motifs is 1. The predicted molar refractivity (Wildman–Crippen MR) is 131 cm³/mol. The molecule has 0 heterocycles. The lowest BCUT2D eigenvalue weighted by Gasteiger charge is -2.37. The molecular formula is C28H32O8. The second kappa shape index (κ2) is 11.3. The minimum Gasteiger partial charge on any atom is -0.396 e. The van der Waals surface area contributed by atoms with Crippen molar-refractivity contribution in [2.75, 3.05) is 13.2 Å². The molecule has 0 radical (unpaired) electrons. The number of aliphatic hydroxyl groups is 8. The third-order valence-electron chi connectivity index (χ3n) is 7.46. The van der Waals surface area contributed by atoms with Crippen molar-refractivity contribution in [3.63, 3.8) is 0 Å². The van der Waals surface area contributed by atoms with Gasteiger partial charge in [0.05, 0.1) is 24.4 Å². The van der Waals surface area contributed by atoms with Crippen molar-refractivity contribution < 1.29 is 40.9 Å². The molecule has 8 nitrogen and oxygen atoms in total. The van der Waals surface area contributed by atoms with Crippen molar-refractivity contribution in [2.45, 2.75) is 49.5 Å². The third-order valence-corrected chi connectivity index (χ3v) is 7.46. The number of benzene rings is 2. The topological polar surface area (TPSA) is 162 Å². The van der Waals surface area contributed by atoms with Gasteiger partial charge in [-0.3, -0.25) is 0 Å². The van der Waals surface area contributed by atoms with Crippen LogP contribution in [0.1, 0.15) is 24.0 Å². The SMILES string of the molecule is OC[C@H]1C[C@H](C#Cc2cccc3cccc(C#C[C@H]4C[C@H](CO)[C@@H](O)[C@H](O)[C@@H]4O)c23)[C@@H](O)[C@@H](O)[C@@H]1O. The molecule has 2 fully saturated rings. The van der Waals surface area contributed by atoms with Crippen LogP contribution in [0.5, 0.6) is 0 Å². The summed E-state index contributed by atoms with van der Waals surface area (Å²) in [6, 6.07) is 11.1. The fourth-order valence-electron chi connectivity index (χ4n) is 5.19. The highest BCUT2D eigenvalue weighted by Gasteiger charge is 2.42. The molecule has 8 heteroatoms. The number of rotatable bonds is 2. The van der Waals surface area contributed by atoms with E-state index >= 15 is 0 Å². The van der Waals surface area contributed by atoms with Crippen LogP contribution >= 0.6 is 0 Å². The normalized spacial score (nSPS) is 36.4. The molecule has 36 heavy (non-hydrogen) atoms. The Balaban J connectivity index is 1.68. The van der Waals surface area contributed by atoms with Gasteiger partial charge in [-0.05, 0) is 30.4 Å². The largest absolute Gasteiger partial charge is 0.396 e. The van der Waals surface area contributed by atoms with Gasteiger partial charge in [0.25, 0.3) is 0 Å². The van der Waals surface area contributed by atoms with Gasteiger partial charge < -0.3 is 40.9 Å². The molecule has 0 spiro atoms. The highest BCUT2D eigenvalue weighted by molar-refractivity contribution is 5.93. The Bertz CT molecular complexity index is 1100. The van der Waals surface area contributed by atoms with E-state index in [-0.39, 0.29) is 26.1 Å². The van der Waals surface area contributed by atoms with Crippen LogP contribution in [0.25, 0.3) is 10.8 Å². The molecule has 2 aliphatic carbocycles. The van der Waals surface area contributed by atoms with E-state index in [4.69, 9.17) is 0 Å². The van der Waals surface area contributed by atoms with Crippen molar-refractivity contribution in [1.29, 1.82) is 0 Å². The quantitative estimate of drug-likeness (QED) is 0.245. The van der Waals surface area contributed by atoms with E-state index in [9.17, 15) is 40.9 Å². The molecule has 0 saturated heterocycles. The Labute approximate surface area is 209 Å². The van der Waals surface area contributed by atoms with Crippen LogP contribution in [0.3, 0.4) is 0 Å². The molecule has 2 aromatic carbocycles. The molecule has 0 bridgehead atoms. The Kier molecular flexibility index (Phi) is 8.31. The average molecular weight is 497 g/mol. The van der Waals surface area contributed by atoms with Crippen molar-refractivity contribution in [3.8, 4) is 23.7 Å². The lowest BCUT2D eigenvalue weighted by molar-refractivity contribution is -0.131. The summed E-state index contributed by atoms with van der Waals surface area (Å²) in [5.41, 5.74) is 1.28. The fourth-order valence-corrected chi connectivity index (χ4v) is 5.19. The lowest BCUT2D eigenvalue weighted by atomic mass is 9.76. The van der Waals surface area contributed by atoms with Crippen molar-refractivity contribution in [3.05, 3.63) is 47.5 Å². The highest BCUT2D eigenvalue weighted by Crippen LogP contribution is 2.31. The van der Waals surface area contributed by atoms with E-state index in [2.05, 4.69) is 23.7 Å². The lowest BCUT2D eigenvalue weighted by Crippen LogP contribution is -2.51. The van der Waals surface area contributed by atoms with Crippen LogP contribution in [0.2, 0.25) is 0 Å². The average Bonchev–Trinajstić information content (AvgIpc) is 2.89. The molecule has 0 amide bonds. The van der Waals surface area contributed by atoms with Gasteiger partial charge in [0, 0.05) is 53.4 Å². The van der Waals surface area contributed by atoms with E-state index in [0.717, 1.165) is 10.8 Å². The molecule has 2 aromatic rings. The molecule has 10 atom stereocenters. The molecule has 192 valence electrons. The van der Waals surface area contributed by atoms with Crippen molar-refractivity contribution in [2.24, 2.45) is 23.7 Å². The van der Waals surface area contributed by atoms with Gasteiger partial charge >= 0.3 is 0 Å². The van der Waals surface area contributed by atoms with Gasteiger partial charge in [-0.25, -0.2) is 0 Å². The second-order valence-electron chi connectivity index (χ2n) is 9.76. The van der Waals surface area contributed by atoms with Crippen molar-refractivity contribution >= 4 is 10.8 Å². The zero-order valence-corrected chi connectivity index (χ0v) is 19.6. The van der Waals surface area contributed by atoms with Crippen LogP contribution in [0, 0.1) is 47.4 Å². The van der Waals surface area contributed by atoms with Crippen LogP contribution in [-0.4, -0.2) is 90.7 Å². The van der Waals surface area contributed by atoms with Crippen LogP contribution < -0.4 is 0 Å². The summed E-state index contributed by atoms with van der Waals surface area (Å²) in [7, 11) is 0. The van der Waals surface area contributed by atoms with Crippen LogP contribution in [0.4, 0.5) is 0 Å². The third kappa shape index (κ3) is 5.14. The summed E-state index contributed by atoms with van der Waals surface area (Å²) in [6.07, 6.45) is -7.27. The molecule has 0 aliphatic heterocycles. The Morgan fingerprint density at radius 2 is 1.00 bits per heavy atom. The van der Waals surface area contributed by atoms with Crippen LogP contribution in [0.15, 0.2) is 36.4 Å². The minimum atomic E-state index is -1.40. The maximum absolute atomic E-state index is 10.4. The first-order valence-electron chi connectivity index (χ1n) is 12.1. The van der Waals surface area contributed by atoms with Crippen molar-refractivity contribution in [1.82, 2.24) is 0 Å². The van der Waals surface area contributed by atoms with Gasteiger partial charge in [-0.15, -0.1) is 0 Å². The summed E-state index contributed by atoms with van der Waals surface area (Å²) < 4.78 is 0. The minimum absolute atomic E-state index is 0.236. The second-order valence-corrected chi connectivity index (χ2v) is 9.76. The summed E-state index contributed by atoms with van der Waals surface area (Å²) in [5, 5.41) is 81.9. The monoisotopic (exact) mass is 496 g/mol. The number of aliphatic hydroxyl groups excluding tert-OH is 8. The molecule has 0 unspecified atom stereocenters. The molecular weight excluding hydrogens is 464 g/mol. The molecule has 0 aromatic heterocycles. The Morgan fingerprint density at radius 3 is 1.39 bits per heavy atom. The maximum Gasteiger partial charge on any atom is 0.107 e. The van der Waals surface area contributed by atoms with E-state index in [0.29, 0.717) is 11.1 Å². The van der Waals surface area contributed by atoms with E-state index < -0.39 is 60.3 Å². The summed E-state index contributed by atoms with van der Waals surface area (Å²) in [4.78, 5) is 0. The van der Waals surface area contributed by atoms with Gasteiger partial charge in [0.15, 0.2) is 0 Å². The summed E-state index contributed by atoms with van der Waals surface area (Å²) in [5.74, 6) is 9.69. The first kappa shape index (κ1) is 26.6. The zero-order valence-electron chi connectivity index (χ0n) is 19.6. The number of hydrogen-bond acceptors (Lipinski definition) is 8. The highest BCUT2D eigenvalue weighted by atomic mass is 16.4. The van der Waals surface area contributed by atoms with E-state index in [1.807, 2.05) is 36.4 Å². The van der Waals surface area contributed by atoms with Gasteiger partial charge in [-0.1, -0.05) is 47.9 Å². The predicted octanol–water partition coefficient (Wildman–Crippen LogP) is -1.04. The smallest absolute Gasteiger partial charge is 0.107 e. The maximum atomic E-state index is 10.4. The summed E-state index contributed by atoms with van der Waals surface area (Å²) in [6.45, 7) is -0.653. The summed E-state index contributed by atoms with van der Waals surface area (Å²) >= 11 is 0. The first-order chi connectivity index (χ1) is 17.3. The van der Waals surface area contributed by atoms with Gasteiger partial charge in [-0.2, -0.15) is 0 Å². The molecule has 4 rings (SSSR count). The van der Waals surface area contributed by atoms with E-state index in [1.54, 1.807) is 0 Å². The van der Waals surface area contributed by atoms with Crippen LogP contribution in [-0.2, 0) is 0 Å². The molecule has 8 N–H and O–H groups in total. The molecule has 2 aliphatic rings. The standard InChI is InChI=1S/C28H32O8/c29-13-20-11-18(23(31)27(35)25(20)33)9-7-16-5-1-3-15-4-2-6-17(22(15)16)8-10-19-12-21(14-30)26(34)28(36)24(19)32/h1-6,18-21,23-36H,11-14H2/t18-,19-,20+,21+,23+,24+,25+,26+,27+,28+/m0/s1. The molecule has 2 saturated carbocycles.